The number of halogens is 6. The van der Waals surface area contributed by atoms with E-state index in [4.69, 9.17) is 12.2 Å². The van der Waals surface area contributed by atoms with Crippen molar-refractivity contribution in [3.05, 3.63) is 104 Å². The Hall–Kier alpha value is -4.58. The van der Waals surface area contributed by atoms with Crippen molar-refractivity contribution in [1.29, 1.82) is 0 Å². The number of allylic oxidation sites excluding steroid dienone is 2. The first kappa shape index (κ1) is 37.2. The molecule has 12 heteroatoms. The lowest BCUT2D eigenvalue weighted by molar-refractivity contribution is -0.143. The summed E-state index contributed by atoms with van der Waals surface area (Å²) in [5.74, 6) is 1.20. The predicted molar refractivity (Wildman–Crippen MR) is 203 cm³/mol. The number of thiocarbonyl (C=S) groups is 1. The van der Waals surface area contributed by atoms with Gasteiger partial charge in [0.25, 0.3) is 0 Å². The summed E-state index contributed by atoms with van der Waals surface area (Å²) >= 11 is 5.46. The Morgan fingerprint density at radius 2 is 1.23 bits per heavy atom. The molecule has 0 amide bonds. The Bertz CT molecular complexity index is 2100. The zero-order valence-corrected chi connectivity index (χ0v) is 31.1. The molecule has 3 N–H and O–H groups in total. The van der Waals surface area contributed by atoms with Crippen molar-refractivity contribution < 1.29 is 26.3 Å². The second kappa shape index (κ2) is 13.4. The van der Waals surface area contributed by atoms with Gasteiger partial charge in [-0.05, 0) is 157 Å². The molecule has 0 spiro atoms. The lowest BCUT2D eigenvalue weighted by Gasteiger charge is -2.22. The third kappa shape index (κ3) is 6.97. The molecule has 0 unspecified atom stereocenters. The lowest BCUT2D eigenvalue weighted by Crippen LogP contribution is -2.21. The molecule has 2 atom stereocenters. The monoisotopic (exact) mass is 737 g/mol. The maximum absolute atomic E-state index is 13.5. The number of alkyl halides is 6. The summed E-state index contributed by atoms with van der Waals surface area (Å²) in [6.07, 6.45) is -6.42. The van der Waals surface area contributed by atoms with E-state index < -0.39 is 29.2 Å². The highest BCUT2D eigenvalue weighted by atomic mass is 32.1. The first-order chi connectivity index (χ1) is 24.2. The minimum absolute atomic E-state index is 0.0930. The Balaban J connectivity index is 1.40. The van der Waals surface area contributed by atoms with Gasteiger partial charge in [0.15, 0.2) is 5.11 Å². The molecule has 1 aromatic heterocycles. The van der Waals surface area contributed by atoms with Crippen LogP contribution in [0.2, 0.25) is 0 Å². The van der Waals surface area contributed by atoms with Crippen LogP contribution in [0, 0.1) is 39.5 Å². The predicted octanol–water partition coefficient (Wildman–Crippen LogP) is 11.3. The van der Waals surface area contributed by atoms with Gasteiger partial charge in [0, 0.05) is 49.1 Å². The molecule has 4 aromatic rings. The summed E-state index contributed by atoms with van der Waals surface area (Å²) in [4.78, 5) is 6.60. The molecule has 6 rings (SSSR count). The number of nitrogens with zero attached hydrogens (tertiary/aromatic N) is 2. The number of hydrogen-bond donors (Lipinski definition) is 3. The summed E-state index contributed by atoms with van der Waals surface area (Å²) in [5.41, 5.74) is 11.1. The van der Waals surface area contributed by atoms with Crippen LogP contribution in [-0.2, 0) is 25.2 Å². The Labute approximate surface area is 305 Å². The van der Waals surface area contributed by atoms with Crippen LogP contribution in [0.5, 0.6) is 0 Å². The standard InChI is InChI=1S/C40H41F6N5S/c1-19-13-31(49-33-18-28(51(7)8)9-10-47-33)23(5)36-29(19)11-21(3)34(36)35-22(4)12-30-20(2)14-32(24(6)37(30)35)50-38(52)48-27-16-25(39(41,42)43)15-26(17-27)40(44,45)46/h9-10,13-18,21-22H,11-12H2,1-8H3,(H,47,49)(H2,48,50,52)/b35-34-/t21-,22-/m1/s1. The topological polar surface area (TPSA) is 52.2 Å². The fourth-order valence-corrected chi connectivity index (χ4v) is 8.01. The molecule has 1 heterocycles. The van der Waals surface area contributed by atoms with Crippen LogP contribution >= 0.6 is 12.2 Å². The Morgan fingerprint density at radius 1 is 0.731 bits per heavy atom. The van der Waals surface area contributed by atoms with Crippen molar-refractivity contribution in [3.8, 4) is 0 Å². The van der Waals surface area contributed by atoms with E-state index in [1.807, 2.05) is 51.0 Å². The Kier molecular flexibility index (Phi) is 9.61. The normalized spacial score (nSPS) is 18.3. The molecule has 0 aliphatic heterocycles. The molecule has 52 heavy (non-hydrogen) atoms. The highest BCUT2D eigenvalue weighted by Crippen LogP contribution is 2.53. The van der Waals surface area contributed by atoms with Crippen molar-refractivity contribution in [3.63, 3.8) is 0 Å². The maximum atomic E-state index is 13.5. The molecule has 274 valence electrons. The van der Waals surface area contributed by atoms with E-state index in [1.54, 1.807) is 6.20 Å². The first-order valence-electron chi connectivity index (χ1n) is 17.0. The SMILES string of the molecule is Cc1cc(NC(=S)Nc2cc(C(F)(F)F)cc(C(F)(F)F)c2)c(C)c2c1C[C@@H](C)/C2=C1/c2c(C)c(Nc3cc(N(C)C)ccn3)cc(C)c2C[C@H]1C. The van der Waals surface area contributed by atoms with Crippen molar-refractivity contribution >= 4 is 57.0 Å². The molecule has 0 radical (unpaired) electrons. The third-order valence-electron chi connectivity index (χ3n) is 10.3. The summed E-state index contributed by atoms with van der Waals surface area (Å²) in [5, 5.41) is 9.11. The third-order valence-corrected chi connectivity index (χ3v) is 10.5. The first-order valence-corrected chi connectivity index (χ1v) is 17.4. The van der Waals surface area contributed by atoms with Gasteiger partial charge in [-0.1, -0.05) is 13.8 Å². The van der Waals surface area contributed by atoms with E-state index in [1.165, 1.54) is 33.4 Å². The van der Waals surface area contributed by atoms with Crippen LogP contribution in [0.4, 0.5) is 54.9 Å². The van der Waals surface area contributed by atoms with E-state index in [-0.39, 0.29) is 23.0 Å². The molecule has 2 aliphatic rings. The highest BCUT2D eigenvalue weighted by molar-refractivity contribution is 7.80. The molecule has 5 nitrogen and oxygen atoms in total. The summed E-state index contributed by atoms with van der Waals surface area (Å²) in [6.45, 7) is 12.8. The van der Waals surface area contributed by atoms with Gasteiger partial charge in [-0.3, -0.25) is 0 Å². The highest BCUT2D eigenvalue weighted by Gasteiger charge is 2.38. The van der Waals surface area contributed by atoms with Crippen LogP contribution in [0.1, 0.15) is 69.5 Å². The molecule has 0 bridgehead atoms. The smallest absolute Gasteiger partial charge is 0.378 e. The molecular weight excluding hydrogens is 697 g/mol. The minimum atomic E-state index is -4.97. The average Bonchev–Trinajstić information content (AvgIpc) is 3.58. The molecule has 0 saturated carbocycles. The van der Waals surface area contributed by atoms with Gasteiger partial charge >= 0.3 is 12.4 Å². The fourth-order valence-electron chi connectivity index (χ4n) is 7.78. The van der Waals surface area contributed by atoms with E-state index in [2.05, 4.69) is 54.7 Å². The summed E-state index contributed by atoms with van der Waals surface area (Å²) in [6, 6.07) is 9.44. The van der Waals surface area contributed by atoms with Crippen LogP contribution in [0.25, 0.3) is 11.1 Å². The van der Waals surface area contributed by atoms with Crippen LogP contribution in [0.3, 0.4) is 0 Å². The van der Waals surface area contributed by atoms with Crippen LogP contribution in [0.15, 0.2) is 48.7 Å². The second-order valence-corrected chi connectivity index (χ2v) is 14.7. The quantitative estimate of drug-likeness (QED) is 0.140. The minimum Gasteiger partial charge on any atom is -0.378 e. The van der Waals surface area contributed by atoms with Gasteiger partial charge in [-0.25, -0.2) is 4.98 Å². The van der Waals surface area contributed by atoms with Gasteiger partial charge in [0.05, 0.1) is 11.1 Å². The van der Waals surface area contributed by atoms with Crippen LogP contribution in [-0.4, -0.2) is 24.2 Å². The van der Waals surface area contributed by atoms with Crippen molar-refractivity contribution in [2.75, 3.05) is 34.9 Å². The number of pyridine rings is 1. The summed E-state index contributed by atoms with van der Waals surface area (Å²) < 4.78 is 81.1. The Morgan fingerprint density at radius 3 is 1.73 bits per heavy atom. The van der Waals surface area contributed by atoms with E-state index in [9.17, 15) is 26.3 Å². The maximum Gasteiger partial charge on any atom is 0.416 e. The molecule has 2 aliphatic carbocycles. The lowest BCUT2D eigenvalue weighted by atomic mass is 9.84. The second-order valence-electron chi connectivity index (χ2n) is 14.3. The number of aryl methyl sites for hydroxylation is 2. The number of benzene rings is 3. The summed E-state index contributed by atoms with van der Waals surface area (Å²) in [7, 11) is 3.98. The number of hydrogen-bond acceptors (Lipinski definition) is 4. The average molecular weight is 738 g/mol. The van der Waals surface area contributed by atoms with Gasteiger partial charge in [0.1, 0.15) is 5.82 Å². The van der Waals surface area contributed by atoms with Crippen molar-refractivity contribution in [2.24, 2.45) is 11.8 Å². The number of fused-ring (bicyclic) bond motifs is 2. The van der Waals surface area contributed by atoms with Gasteiger partial charge < -0.3 is 20.9 Å². The van der Waals surface area contributed by atoms with Gasteiger partial charge in [-0.15, -0.1) is 0 Å². The van der Waals surface area contributed by atoms with E-state index in [0.717, 1.165) is 52.3 Å². The molecule has 0 saturated heterocycles. The van der Waals surface area contributed by atoms with Crippen molar-refractivity contribution in [2.45, 2.75) is 66.7 Å². The molecular formula is C40H41F6N5S. The zero-order valence-electron chi connectivity index (χ0n) is 30.3. The molecule has 3 aromatic carbocycles. The fraction of sp³-hybridized carbons (Fsp3) is 0.350. The van der Waals surface area contributed by atoms with E-state index >= 15 is 0 Å². The molecule has 0 fully saturated rings. The van der Waals surface area contributed by atoms with E-state index in [0.29, 0.717) is 17.8 Å². The number of aromatic nitrogens is 1. The zero-order chi connectivity index (χ0) is 38.0. The van der Waals surface area contributed by atoms with Gasteiger partial charge in [-0.2, -0.15) is 26.3 Å². The number of anilines is 5. The largest absolute Gasteiger partial charge is 0.416 e. The number of nitrogens with one attached hydrogen (secondary N) is 3. The van der Waals surface area contributed by atoms with Crippen LogP contribution < -0.4 is 20.9 Å². The van der Waals surface area contributed by atoms with Crippen molar-refractivity contribution in [1.82, 2.24) is 4.98 Å². The van der Waals surface area contributed by atoms with Gasteiger partial charge in [0.2, 0.25) is 0 Å². The number of rotatable bonds is 5.